The summed E-state index contributed by atoms with van der Waals surface area (Å²) in [6, 6.07) is 4.35. The van der Waals surface area contributed by atoms with Crippen LogP contribution in [0.3, 0.4) is 0 Å². The van der Waals surface area contributed by atoms with E-state index in [0.29, 0.717) is 12.0 Å². The molecule has 2 aromatic rings. The van der Waals surface area contributed by atoms with Crippen LogP contribution < -0.4 is 0 Å². The maximum atomic E-state index is 12.8. The van der Waals surface area contributed by atoms with Crippen LogP contribution >= 0.6 is 11.3 Å². The van der Waals surface area contributed by atoms with Crippen LogP contribution in [0.25, 0.3) is 0 Å². The first kappa shape index (κ1) is 18.6. The van der Waals surface area contributed by atoms with Crippen molar-refractivity contribution >= 4 is 17.2 Å². The van der Waals surface area contributed by atoms with Gasteiger partial charge in [0.1, 0.15) is 5.82 Å². The van der Waals surface area contributed by atoms with Crippen molar-refractivity contribution in [2.24, 2.45) is 5.92 Å². The molecule has 2 fully saturated rings. The Balaban J connectivity index is 1.45. The maximum Gasteiger partial charge on any atom is 0.263 e. The van der Waals surface area contributed by atoms with Crippen molar-refractivity contribution in [3.8, 4) is 0 Å². The van der Waals surface area contributed by atoms with E-state index in [1.807, 2.05) is 29.9 Å². The molecule has 2 saturated heterocycles. The first-order valence-electron chi connectivity index (χ1n) is 10.1. The number of aromatic nitrogens is 2. The molecule has 0 spiro atoms. The van der Waals surface area contributed by atoms with Crippen LogP contribution in [0.4, 0.5) is 0 Å². The normalized spacial score (nSPS) is 23.2. The fraction of sp³-hybridized carbons (Fsp3) is 0.571. The summed E-state index contributed by atoms with van der Waals surface area (Å²) in [5.74, 6) is 1.71. The number of hydrogen-bond donors (Lipinski definition) is 0. The molecule has 0 aromatic carbocycles. The highest BCUT2D eigenvalue weighted by Gasteiger charge is 2.39. The number of nitrogens with zero attached hydrogens (tertiary/aromatic N) is 4. The van der Waals surface area contributed by atoms with Crippen molar-refractivity contribution in [3.05, 3.63) is 46.2 Å². The first-order chi connectivity index (χ1) is 13.2. The molecular formula is C21H28N4OS. The van der Waals surface area contributed by atoms with Gasteiger partial charge >= 0.3 is 0 Å². The van der Waals surface area contributed by atoms with Gasteiger partial charge in [-0.25, -0.2) is 9.97 Å². The number of likely N-dealkylation sites (tertiary alicyclic amines) is 2. The van der Waals surface area contributed by atoms with Crippen LogP contribution in [0.5, 0.6) is 0 Å². The fourth-order valence-corrected chi connectivity index (χ4v) is 5.10. The number of carbonyl (C=O) groups excluding carboxylic acids is 1. The molecule has 0 aliphatic carbocycles. The third-order valence-electron chi connectivity index (χ3n) is 5.78. The van der Waals surface area contributed by atoms with E-state index < -0.39 is 0 Å². The summed E-state index contributed by atoms with van der Waals surface area (Å²) < 4.78 is 0. The van der Waals surface area contributed by atoms with Crippen molar-refractivity contribution in [1.82, 2.24) is 19.8 Å². The van der Waals surface area contributed by atoms with Crippen LogP contribution in [0.2, 0.25) is 0 Å². The minimum absolute atomic E-state index is 0.199. The van der Waals surface area contributed by atoms with Gasteiger partial charge in [-0.1, -0.05) is 19.4 Å². The zero-order chi connectivity index (χ0) is 18.6. The third-order valence-corrected chi connectivity index (χ3v) is 6.64. The van der Waals surface area contributed by atoms with Gasteiger partial charge in [0.05, 0.1) is 4.88 Å². The molecule has 2 atom stereocenters. The first-order valence-corrected chi connectivity index (χ1v) is 11.0. The van der Waals surface area contributed by atoms with E-state index in [-0.39, 0.29) is 5.91 Å². The Labute approximate surface area is 165 Å². The van der Waals surface area contributed by atoms with Crippen LogP contribution in [0.15, 0.2) is 29.9 Å². The van der Waals surface area contributed by atoms with Crippen molar-refractivity contribution in [1.29, 1.82) is 0 Å². The number of amides is 1. The molecule has 4 heterocycles. The predicted octanol–water partition coefficient (Wildman–Crippen LogP) is 3.62. The van der Waals surface area contributed by atoms with Gasteiger partial charge in [0.2, 0.25) is 0 Å². The van der Waals surface area contributed by atoms with E-state index in [4.69, 9.17) is 0 Å². The molecule has 0 unspecified atom stereocenters. The largest absolute Gasteiger partial charge is 0.336 e. The Kier molecular flexibility index (Phi) is 5.83. The Morgan fingerprint density at radius 2 is 2.11 bits per heavy atom. The highest BCUT2D eigenvalue weighted by atomic mass is 32.1. The number of hydrogen-bond acceptors (Lipinski definition) is 5. The van der Waals surface area contributed by atoms with Crippen LogP contribution in [-0.2, 0) is 13.0 Å². The minimum Gasteiger partial charge on any atom is -0.336 e. The van der Waals surface area contributed by atoms with Gasteiger partial charge in [-0.3, -0.25) is 9.69 Å². The number of thiophene rings is 1. The molecular weight excluding hydrogens is 356 g/mol. The number of carbonyl (C=O) groups is 1. The molecule has 0 N–H and O–H groups in total. The molecule has 0 saturated carbocycles. The minimum atomic E-state index is 0.199. The van der Waals surface area contributed by atoms with Gasteiger partial charge in [0.25, 0.3) is 5.91 Å². The summed E-state index contributed by atoms with van der Waals surface area (Å²) in [5.41, 5.74) is 1.18. The number of rotatable bonds is 5. The molecule has 0 radical (unpaired) electrons. The van der Waals surface area contributed by atoms with E-state index in [0.717, 1.165) is 49.7 Å². The van der Waals surface area contributed by atoms with Crippen molar-refractivity contribution in [2.45, 2.75) is 51.6 Å². The maximum absolute atomic E-state index is 12.8. The average Bonchev–Trinajstić information content (AvgIpc) is 3.32. The van der Waals surface area contributed by atoms with E-state index in [1.165, 1.54) is 24.8 Å². The van der Waals surface area contributed by atoms with E-state index in [1.54, 1.807) is 11.3 Å². The van der Waals surface area contributed by atoms with Crippen molar-refractivity contribution in [3.63, 3.8) is 0 Å². The summed E-state index contributed by atoms with van der Waals surface area (Å²) in [6.07, 6.45) is 9.70. The predicted molar refractivity (Wildman–Crippen MR) is 108 cm³/mol. The lowest BCUT2D eigenvalue weighted by Gasteiger charge is -2.29. The second-order valence-corrected chi connectivity index (χ2v) is 8.69. The Morgan fingerprint density at radius 1 is 1.26 bits per heavy atom. The van der Waals surface area contributed by atoms with Crippen LogP contribution in [0.1, 0.15) is 53.7 Å². The summed E-state index contributed by atoms with van der Waals surface area (Å²) in [5, 5.41) is 1.98. The van der Waals surface area contributed by atoms with Crippen molar-refractivity contribution in [2.75, 3.05) is 19.6 Å². The summed E-state index contributed by atoms with van der Waals surface area (Å²) >= 11 is 1.54. The van der Waals surface area contributed by atoms with Gasteiger partial charge in [0.15, 0.2) is 0 Å². The van der Waals surface area contributed by atoms with Gasteiger partial charge in [-0.2, -0.15) is 0 Å². The molecule has 2 aliphatic heterocycles. The monoisotopic (exact) mass is 384 g/mol. The van der Waals surface area contributed by atoms with Gasteiger partial charge in [-0.05, 0) is 43.2 Å². The Morgan fingerprint density at radius 3 is 2.85 bits per heavy atom. The molecule has 2 aliphatic rings. The number of aryl methyl sites for hydroxylation is 1. The Hall–Kier alpha value is -1.79. The Bertz CT molecular complexity index is 746. The van der Waals surface area contributed by atoms with Gasteiger partial charge in [0, 0.05) is 50.1 Å². The van der Waals surface area contributed by atoms with Crippen LogP contribution in [-0.4, -0.2) is 51.4 Å². The third kappa shape index (κ3) is 4.22. The molecule has 0 bridgehead atoms. The lowest BCUT2D eigenvalue weighted by Crippen LogP contribution is -2.40. The van der Waals surface area contributed by atoms with E-state index >= 15 is 0 Å². The highest BCUT2D eigenvalue weighted by Crippen LogP contribution is 2.32. The standard InChI is InChI=1S/C21H28N4OS/c1-2-6-20-22-11-16(12-23-20)13-24-9-4-3-7-17-14-25(15-18(17)24)21(26)19-8-5-10-27-19/h5,8,10-12,17-18H,2-4,6-7,9,13-15H2,1H3/t17-,18+/m0/s1. The summed E-state index contributed by atoms with van der Waals surface area (Å²) in [7, 11) is 0. The quantitative estimate of drug-likeness (QED) is 0.790. The second-order valence-electron chi connectivity index (χ2n) is 7.74. The second kappa shape index (κ2) is 8.48. The lowest BCUT2D eigenvalue weighted by molar-refractivity contribution is 0.0778. The van der Waals surface area contributed by atoms with Crippen molar-refractivity contribution < 1.29 is 4.79 Å². The van der Waals surface area contributed by atoms with E-state index in [2.05, 4.69) is 26.7 Å². The molecule has 6 heteroatoms. The fourth-order valence-electron chi connectivity index (χ4n) is 4.41. The molecule has 2 aromatic heterocycles. The number of fused-ring (bicyclic) bond motifs is 1. The molecule has 4 rings (SSSR count). The zero-order valence-corrected chi connectivity index (χ0v) is 16.8. The average molecular weight is 385 g/mol. The van der Waals surface area contributed by atoms with E-state index in [9.17, 15) is 4.79 Å². The molecule has 144 valence electrons. The SMILES string of the molecule is CCCc1ncc(CN2CCCC[C@H]3CN(C(=O)c4cccs4)C[C@H]32)cn1. The molecule has 1 amide bonds. The molecule has 5 nitrogen and oxygen atoms in total. The molecule has 27 heavy (non-hydrogen) atoms. The summed E-state index contributed by atoms with van der Waals surface area (Å²) in [6.45, 7) is 5.87. The topological polar surface area (TPSA) is 49.3 Å². The smallest absolute Gasteiger partial charge is 0.263 e. The van der Waals surface area contributed by atoms with Crippen LogP contribution in [0, 0.1) is 5.92 Å². The van der Waals surface area contributed by atoms with Gasteiger partial charge in [-0.15, -0.1) is 11.3 Å². The highest BCUT2D eigenvalue weighted by molar-refractivity contribution is 7.12. The summed E-state index contributed by atoms with van der Waals surface area (Å²) in [4.78, 5) is 27.3. The van der Waals surface area contributed by atoms with Gasteiger partial charge < -0.3 is 4.90 Å². The lowest BCUT2D eigenvalue weighted by atomic mass is 9.98. The zero-order valence-electron chi connectivity index (χ0n) is 16.0.